The molecule has 0 radical (unpaired) electrons. The lowest BCUT2D eigenvalue weighted by Crippen LogP contribution is -1.92. The van der Waals surface area contributed by atoms with Crippen LogP contribution in [0.2, 0.25) is 0 Å². The molecule has 1 atom stereocenters. The Morgan fingerprint density at radius 1 is 1.73 bits per heavy atom. The van der Waals surface area contributed by atoms with Gasteiger partial charge in [0.25, 0.3) is 0 Å². The summed E-state index contributed by atoms with van der Waals surface area (Å²) in [6.07, 6.45) is 0. The van der Waals surface area contributed by atoms with Gasteiger partial charge < -0.3 is 0 Å². The number of thioether (sulfide) groups is 3. The van der Waals surface area contributed by atoms with Gasteiger partial charge in [0.2, 0.25) is 0 Å². The van der Waals surface area contributed by atoms with Gasteiger partial charge in [-0.3, -0.25) is 4.99 Å². The maximum atomic E-state index is 4.49. The molecule has 64 valence electrons. The molecule has 0 aromatic heterocycles. The van der Waals surface area contributed by atoms with Crippen molar-refractivity contribution in [3.63, 3.8) is 0 Å². The molecule has 0 aliphatic carbocycles. The molecule has 1 rings (SSSR count). The van der Waals surface area contributed by atoms with Crippen molar-refractivity contribution in [2.45, 2.75) is 19.9 Å². The first-order valence-corrected chi connectivity index (χ1v) is 6.86. The van der Waals surface area contributed by atoms with E-state index in [1.165, 1.54) is 15.9 Å². The number of aliphatic imine (C=N–C) groups is 1. The van der Waals surface area contributed by atoms with Gasteiger partial charge in [-0.05, 0) is 12.7 Å². The Balaban J connectivity index is 2.12. The Kier molecular flexibility index (Phi) is 4.80. The summed E-state index contributed by atoms with van der Waals surface area (Å²) in [5, 5.41) is 1.16. The summed E-state index contributed by atoms with van der Waals surface area (Å²) in [6.45, 7) is 4.37. The van der Waals surface area contributed by atoms with Gasteiger partial charge in [0.15, 0.2) is 0 Å². The Morgan fingerprint density at radius 3 is 3.09 bits per heavy atom. The lowest BCUT2D eigenvalue weighted by atomic mass is 10.4. The molecule has 1 heterocycles. The molecule has 1 nitrogen and oxygen atoms in total. The Hall–Kier alpha value is 0.720. The maximum Gasteiger partial charge on any atom is 0.125 e. The standard InChI is InChI=1S/C7H13NS3/c1-3-9-5-11-7-8-6(2)4-10-7/h6H,3-5H2,1-2H3. The summed E-state index contributed by atoms with van der Waals surface area (Å²) >= 11 is 5.75. The van der Waals surface area contributed by atoms with Crippen LogP contribution in [-0.2, 0) is 0 Å². The van der Waals surface area contributed by atoms with Gasteiger partial charge in [0, 0.05) is 10.8 Å². The minimum absolute atomic E-state index is 0.550. The van der Waals surface area contributed by atoms with Gasteiger partial charge in [0.05, 0.1) is 6.04 Å². The first-order chi connectivity index (χ1) is 5.33. The van der Waals surface area contributed by atoms with E-state index in [1.54, 1.807) is 0 Å². The highest BCUT2D eigenvalue weighted by Gasteiger charge is 2.13. The summed E-state index contributed by atoms with van der Waals surface area (Å²) < 4.78 is 1.29. The summed E-state index contributed by atoms with van der Waals surface area (Å²) in [6, 6.07) is 0.550. The van der Waals surface area contributed by atoms with Crippen LogP contribution in [0, 0.1) is 0 Å². The monoisotopic (exact) mass is 207 g/mol. The summed E-state index contributed by atoms with van der Waals surface area (Å²) in [4.78, 5) is 4.49. The molecule has 1 aliphatic heterocycles. The molecule has 0 N–H and O–H groups in total. The second kappa shape index (κ2) is 5.38. The molecular weight excluding hydrogens is 194 g/mol. The normalized spacial score (nSPS) is 23.8. The third-order valence-electron chi connectivity index (χ3n) is 1.24. The van der Waals surface area contributed by atoms with Crippen LogP contribution in [0.3, 0.4) is 0 Å². The minimum atomic E-state index is 0.550. The molecular formula is C7H13NS3. The Morgan fingerprint density at radius 2 is 2.55 bits per heavy atom. The molecule has 0 saturated heterocycles. The van der Waals surface area contributed by atoms with Gasteiger partial charge >= 0.3 is 0 Å². The maximum absolute atomic E-state index is 4.49. The topological polar surface area (TPSA) is 12.4 Å². The van der Waals surface area contributed by atoms with Crippen molar-refractivity contribution >= 4 is 39.7 Å². The van der Waals surface area contributed by atoms with Crippen molar-refractivity contribution < 1.29 is 0 Å². The van der Waals surface area contributed by atoms with E-state index in [-0.39, 0.29) is 0 Å². The van der Waals surface area contributed by atoms with Crippen molar-refractivity contribution in [1.29, 1.82) is 0 Å². The van der Waals surface area contributed by atoms with E-state index in [1.807, 2.05) is 35.3 Å². The lowest BCUT2D eigenvalue weighted by Gasteiger charge is -1.96. The molecule has 0 aromatic rings. The molecule has 1 unspecified atom stereocenters. The predicted molar refractivity (Wildman–Crippen MR) is 59.9 cm³/mol. The highest BCUT2D eigenvalue weighted by atomic mass is 32.2. The highest BCUT2D eigenvalue weighted by molar-refractivity contribution is 8.41. The van der Waals surface area contributed by atoms with E-state index < -0.39 is 0 Å². The fraction of sp³-hybridized carbons (Fsp3) is 0.857. The summed E-state index contributed by atoms with van der Waals surface area (Å²) in [5.41, 5.74) is 0. The van der Waals surface area contributed by atoms with E-state index in [0.717, 1.165) is 5.08 Å². The average Bonchev–Trinajstić information content (AvgIpc) is 2.37. The number of rotatable bonds is 3. The SMILES string of the molecule is CCSCSC1=NC(C)CS1. The zero-order valence-corrected chi connectivity index (χ0v) is 9.32. The summed E-state index contributed by atoms with van der Waals surface area (Å²) in [5.74, 6) is 2.39. The van der Waals surface area contributed by atoms with Gasteiger partial charge in [-0.2, -0.15) is 11.8 Å². The van der Waals surface area contributed by atoms with E-state index in [4.69, 9.17) is 0 Å². The molecule has 11 heavy (non-hydrogen) atoms. The van der Waals surface area contributed by atoms with Crippen LogP contribution < -0.4 is 0 Å². The Labute approximate surface area is 81.2 Å². The molecule has 0 aromatic carbocycles. The predicted octanol–water partition coefficient (Wildman–Crippen LogP) is 2.92. The van der Waals surface area contributed by atoms with Crippen LogP contribution in [0.25, 0.3) is 0 Å². The number of hydrogen-bond donors (Lipinski definition) is 0. The molecule has 0 amide bonds. The molecule has 0 saturated carbocycles. The van der Waals surface area contributed by atoms with E-state index in [0.29, 0.717) is 6.04 Å². The highest BCUT2D eigenvalue weighted by Crippen LogP contribution is 2.27. The quantitative estimate of drug-likeness (QED) is 0.521. The first kappa shape index (κ1) is 9.81. The van der Waals surface area contributed by atoms with Crippen LogP contribution >= 0.6 is 35.3 Å². The van der Waals surface area contributed by atoms with Crippen LogP contribution in [0.5, 0.6) is 0 Å². The molecule has 1 aliphatic rings. The van der Waals surface area contributed by atoms with Crippen LogP contribution in [0.4, 0.5) is 0 Å². The molecule has 0 fully saturated rings. The molecule has 0 bridgehead atoms. The average molecular weight is 207 g/mol. The third-order valence-corrected chi connectivity index (χ3v) is 4.85. The zero-order valence-electron chi connectivity index (χ0n) is 6.87. The second-order valence-corrected chi connectivity index (χ2v) is 6.18. The Bertz CT molecular complexity index is 147. The van der Waals surface area contributed by atoms with Crippen LogP contribution in [-0.4, -0.2) is 27.0 Å². The fourth-order valence-corrected chi connectivity index (χ4v) is 4.04. The summed E-state index contributed by atoms with van der Waals surface area (Å²) in [7, 11) is 0. The number of nitrogens with zero attached hydrogens (tertiary/aromatic N) is 1. The minimum Gasteiger partial charge on any atom is -0.268 e. The smallest absolute Gasteiger partial charge is 0.125 e. The van der Waals surface area contributed by atoms with Crippen LogP contribution in [0.15, 0.2) is 4.99 Å². The number of hydrogen-bond acceptors (Lipinski definition) is 4. The zero-order chi connectivity index (χ0) is 8.10. The lowest BCUT2D eigenvalue weighted by molar-refractivity contribution is 0.867. The van der Waals surface area contributed by atoms with Crippen molar-refractivity contribution in [3.8, 4) is 0 Å². The largest absolute Gasteiger partial charge is 0.268 e. The van der Waals surface area contributed by atoms with Crippen molar-refractivity contribution in [1.82, 2.24) is 0 Å². The van der Waals surface area contributed by atoms with Crippen molar-refractivity contribution in [2.75, 3.05) is 16.6 Å². The van der Waals surface area contributed by atoms with E-state index in [9.17, 15) is 0 Å². The third kappa shape index (κ3) is 3.76. The van der Waals surface area contributed by atoms with Gasteiger partial charge in [-0.25, -0.2) is 0 Å². The van der Waals surface area contributed by atoms with E-state index in [2.05, 4.69) is 18.8 Å². The molecule has 4 heteroatoms. The van der Waals surface area contributed by atoms with Gasteiger partial charge in [0.1, 0.15) is 4.38 Å². The van der Waals surface area contributed by atoms with Gasteiger partial charge in [-0.15, -0.1) is 0 Å². The van der Waals surface area contributed by atoms with Crippen LogP contribution in [0.1, 0.15) is 13.8 Å². The van der Waals surface area contributed by atoms with E-state index >= 15 is 0 Å². The second-order valence-electron chi connectivity index (χ2n) is 2.31. The van der Waals surface area contributed by atoms with Gasteiger partial charge in [-0.1, -0.05) is 30.4 Å². The molecule has 0 spiro atoms. The van der Waals surface area contributed by atoms with Crippen molar-refractivity contribution in [3.05, 3.63) is 0 Å². The first-order valence-electron chi connectivity index (χ1n) is 3.74. The fourth-order valence-electron chi connectivity index (χ4n) is 0.701. The van der Waals surface area contributed by atoms with Crippen molar-refractivity contribution in [2.24, 2.45) is 4.99 Å².